The molecule has 1 saturated carbocycles. The molecule has 0 aromatic carbocycles. The molecule has 15 heavy (non-hydrogen) atoms. The zero-order valence-corrected chi connectivity index (χ0v) is 10.0. The van der Waals surface area contributed by atoms with Crippen LogP contribution in [0.3, 0.4) is 0 Å². The van der Waals surface area contributed by atoms with Gasteiger partial charge in [0, 0.05) is 5.92 Å². The Kier molecular flexibility index (Phi) is 2.85. The first-order valence-corrected chi connectivity index (χ1v) is 6.04. The molecule has 0 spiro atoms. The molecule has 1 fully saturated rings. The second-order valence-corrected chi connectivity index (χ2v) is 5.30. The Labute approximate surface area is 92.4 Å². The largest absolute Gasteiger partial charge is 0.448 e. The molecular weight excluding hydrogens is 186 g/mol. The molecule has 0 aromatic rings. The van der Waals surface area contributed by atoms with E-state index >= 15 is 0 Å². The Morgan fingerprint density at radius 2 is 1.93 bits per heavy atom. The van der Waals surface area contributed by atoms with Crippen LogP contribution in [0.25, 0.3) is 0 Å². The molecule has 0 saturated heterocycles. The van der Waals surface area contributed by atoms with Crippen LogP contribution in [-0.2, 0) is 4.74 Å². The highest BCUT2D eigenvalue weighted by molar-refractivity contribution is 5.81. The smallest absolute Gasteiger partial charge is 0.193 e. The summed E-state index contributed by atoms with van der Waals surface area (Å²) in [4.78, 5) is 4.71. The van der Waals surface area contributed by atoms with E-state index in [0.717, 1.165) is 11.7 Å². The minimum absolute atomic E-state index is 0.0743. The number of rotatable bonds is 1. The van der Waals surface area contributed by atoms with Gasteiger partial charge in [0.2, 0.25) is 0 Å². The molecule has 2 heteroatoms. The number of hydrogen-bond acceptors (Lipinski definition) is 2. The van der Waals surface area contributed by atoms with Gasteiger partial charge < -0.3 is 4.74 Å². The van der Waals surface area contributed by atoms with Crippen molar-refractivity contribution in [1.29, 1.82) is 0 Å². The summed E-state index contributed by atoms with van der Waals surface area (Å²) < 4.78 is 5.77. The van der Waals surface area contributed by atoms with Crippen molar-refractivity contribution >= 4 is 5.90 Å². The Morgan fingerprint density at radius 1 is 1.27 bits per heavy atom. The summed E-state index contributed by atoms with van der Waals surface area (Å²) in [6, 6.07) is 0. The summed E-state index contributed by atoms with van der Waals surface area (Å²) in [5.41, 5.74) is -0.0743. The maximum absolute atomic E-state index is 5.77. The minimum Gasteiger partial charge on any atom is -0.448 e. The molecule has 84 valence electrons. The van der Waals surface area contributed by atoms with Gasteiger partial charge in [0.05, 0.1) is 5.54 Å². The van der Waals surface area contributed by atoms with Crippen molar-refractivity contribution in [3.8, 4) is 0 Å². The van der Waals surface area contributed by atoms with Crippen LogP contribution in [-0.4, -0.2) is 11.4 Å². The van der Waals surface area contributed by atoms with E-state index in [9.17, 15) is 0 Å². The fourth-order valence-corrected chi connectivity index (χ4v) is 2.56. The average molecular weight is 207 g/mol. The van der Waals surface area contributed by atoms with Gasteiger partial charge in [-0.25, -0.2) is 4.99 Å². The molecule has 2 nitrogen and oxygen atoms in total. The number of nitrogens with zero attached hydrogens (tertiary/aromatic N) is 1. The highest BCUT2D eigenvalue weighted by Crippen LogP contribution is 2.30. The van der Waals surface area contributed by atoms with Gasteiger partial charge in [-0.3, -0.25) is 0 Å². The molecule has 0 unspecified atom stereocenters. The zero-order valence-electron chi connectivity index (χ0n) is 10.0. The van der Waals surface area contributed by atoms with Crippen molar-refractivity contribution in [1.82, 2.24) is 0 Å². The van der Waals surface area contributed by atoms with Crippen LogP contribution in [0.2, 0.25) is 0 Å². The molecule has 0 N–H and O–H groups in total. The Morgan fingerprint density at radius 3 is 2.53 bits per heavy atom. The summed E-state index contributed by atoms with van der Waals surface area (Å²) in [7, 11) is 0. The molecular formula is C13H21NO. The van der Waals surface area contributed by atoms with Crippen LogP contribution in [0.4, 0.5) is 0 Å². The van der Waals surface area contributed by atoms with Gasteiger partial charge >= 0.3 is 0 Å². The highest BCUT2D eigenvalue weighted by atomic mass is 16.5. The lowest BCUT2D eigenvalue weighted by Crippen LogP contribution is -2.29. The summed E-state index contributed by atoms with van der Waals surface area (Å²) in [5, 5.41) is 0. The number of ether oxygens (including phenoxy) is 1. The highest BCUT2D eigenvalue weighted by Gasteiger charge is 2.27. The molecule has 0 bridgehead atoms. The van der Waals surface area contributed by atoms with Gasteiger partial charge in [-0.15, -0.1) is 0 Å². The topological polar surface area (TPSA) is 21.6 Å². The summed E-state index contributed by atoms with van der Waals surface area (Å²) in [5.74, 6) is 2.57. The number of aliphatic imine (C=N–C) groups is 1. The summed E-state index contributed by atoms with van der Waals surface area (Å²) in [6.45, 7) is 6.31. The molecule has 1 heterocycles. The Balaban J connectivity index is 2.12. The van der Waals surface area contributed by atoms with Crippen molar-refractivity contribution < 1.29 is 4.74 Å². The predicted octanol–water partition coefficient (Wildman–Crippen LogP) is 3.68. The predicted molar refractivity (Wildman–Crippen MR) is 62.9 cm³/mol. The molecule has 1 aliphatic heterocycles. The van der Waals surface area contributed by atoms with E-state index in [0.29, 0.717) is 5.92 Å². The normalized spacial score (nSPS) is 26.6. The first kappa shape index (κ1) is 10.7. The van der Waals surface area contributed by atoms with Gasteiger partial charge in [0.1, 0.15) is 5.76 Å². The summed E-state index contributed by atoms with van der Waals surface area (Å²) in [6.07, 6.45) is 8.64. The van der Waals surface area contributed by atoms with Crippen LogP contribution < -0.4 is 0 Å². The molecule has 0 aromatic heterocycles. The lowest BCUT2D eigenvalue weighted by atomic mass is 9.88. The third-order valence-corrected chi connectivity index (χ3v) is 3.17. The molecule has 0 radical (unpaired) electrons. The quantitative estimate of drug-likeness (QED) is 0.642. The molecule has 2 rings (SSSR count). The fraction of sp³-hybridized carbons (Fsp3) is 0.769. The fourth-order valence-electron chi connectivity index (χ4n) is 2.56. The van der Waals surface area contributed by atoms with Crippen molar-refractivity contribution in [2.75, 3.05) is 0 Å². The van der Waals surface area contributed by atoms with Crippen molar-refractivity contribution in [3.05, 3.63) is 11.8 Å². The standard InChI is InChI=1S/C13H21NO/c1-10-9-13(2,3)14-12(15-10)11-7-5-4-6-8-11/h9,11H,4-8H2,1-3H3. The van der Waals surface area contributed by atoms with Gasteiger partial charge in [-0.1, -0.05) is 19.3 Å². The van der Waals surface area contributed by atoms with E-state index in [4.69, 9.17) is 9.73 Å². The molecule has 0 atom stereocenters. The van der Waals surface area contributed by atoms with Gasteiger partial charge in [-0.2, -0.15) is 0 Å². The monoisotopic (exact) mass is 207 g/mol. The average Bonchev–Trinajstić information content (AvgIpc) is 2.16. The lowest BCUT2D eigenvalue weighted by molar-refractivity contribution is 0.313. The van der Waals surface area contributed by atoms with Crippen LogP contribution >= 0.6 is 0 Å². The van der Waals surface area contributed by atoms with Crippen LogP contribution in [0.1, 0.15) is 52.9 Å². The third kappa shape index (κ3) is 2.61. The van der Waals surface area contributed by atoms with E-state index in [1.54, 1.807) is 0 Å². The zero-order chi connectivity index (χ0) is 10.9. The van der Waals surface area contributed by atoms with Crippen LogP contribution in [0.15, 0.2) is 16.8 Å². The molecule has 0 amide bonds. The van der Waals surface area contributed by atoms with E-state index in [-0.39, 0.29) is 5.54 Å². The van der Waals surface area contributed by atoms with Crippen LogP contribution in [0, 0.1) is 5.92 Å². The van der Waals surface area contributed by atoms with Crippen molar-refractivity contribution in [2.45, 2.75) is 58.4 Å². The second-order valence-electron chi connectivity index (χ2n) is 5.30. The van der Waals surface area contributed by atoms with E-state index in [1.165, 1.54) is 32.1 Å². The maximum atomic E-state index is 5.77. The third-order valence-electron chi connectivity index (χ3n) is 3.17. The summed E-state index contributed by atoms with van der Waals surface area (Å²) >= 11 is 0. The second kappa shape index (κ2) is 3.99. The maximum Gasteiger partial charge on any atom is 0.193 e. The lowest BCUT2D eigenvalue weighted by Gasteiger charge is -2.30. The molecule has 2 aliphatic rings. The molecule has 1 aliphatic carbocycles. The van der Waals surface area contributed by atoms with Gasteiger partial charge in [0.15, 0.2) is 5.90 Å². The first-order valence-electron chi connectivity index (χ1n) is 6.04. The van der Waals surface area contributed by atoms with Gasteiger partial charge in [0.25, 0.3) is 0 Å². The van der Waals surface area contributed by atoms with E-state index < -0.39 is 0 Å². The number of allylic oxidation sites excluding steroid dienone is 1. The van der Waals surface area contributed by atoms with Crippen LogP contribution in [0.5, 0.6) is 0 Å². The van der Waals surface area contributed by atoms with Gasteiger partial charge in [-0.05, 0) is 39.7 Å². The Hall–Kier alpha value is -0.790. The number of hydrogen-bond donors (Lipinski definition) is 0. The van der Waals surface area contributed by atoms with Crippen molar-refractivity contribution in [3.63, 3.8) is 0 Å². The minimum atomic E-state index is -0.0743. The first-order chi connectivity index (χ1) is 7.07. The van der Waals surface area contributed by atoms with E-state index in [1.807, 2.05) is 6.92 Å². The van der Waals surface area contributed by atoms with E-state index in [2.05, 4.69) is 19.9 Å². The Bertz CT molecular complexity index is 296. The SMILES string of the molecule is CC1=CC(C)(C)N=C(C2CCCCC2)O1. The van der Waals surface area contributed by atoms with Crippen molar-refractivity contribution in [2.24, 2.45) is 10.9 Å².